The van der Waals surface area contributed by atoms with Crippen LogP contribution in [-0.4, -0.2) is 42.8 Å². The zero-order chi connectivity index (χ0) is 24.4. The predicted octanol–water partition coefficient (Wildman–Crippen LogP) is 4.28. The molecule has 9 heteroatoms. The van der Waals surface area contributed by atoms with E-state index in [0.29, 0.717) is 22.9 Å². The van der Waals surface area contributed by atoms with E-state index in [1.54, 1.807) is 30.6 Å². The molecule has 0 bridgehead atoms. The molecule has 2 amide bonds. The smallest absolute Gasteiger partial charge is 0.252 e. The summed E-state index contributed by atoms with van der Waals surface area (Å²) in [6, 6.07) is 14.5. The van der Waals surface area contributed by atoms with Crippen molar-refractivity contribution in [3.8, 4) is 11.5 Å². The Balaban J connectivity index is 1.38. The van der Waals surface area contributed by atoms with Gasteiger partial charge in [-0.15, -0.1) is 0 Å². The zero-order valence-corrected chi connectivity index (χ0v) is 19.4. The molecule has 176 valence electrons. The standard InChI is InChI=1S/C26H25N7O2/c1-3-15(2)22(25(35)33-26-27-10-11-28-26)32-24(34)17-8-9-19-20(13-17)31-23(30-19)21-12-16-6-4-5-7-18(16)14-29-21/h4-15,22H,3H2,1-2H3,(H,30,31)(H,32,34)(H2,27,28,33,35)/t15?,22-/m0/s1. The summed E-state index contributed by atoms with van der Waals surface area (Å²) in [4.78, 5) is 45.2. The van der Waals surface area contributed by atoms with Crippen LogP contribution in [0.15, 0.2) is 67.1 Å². The third-order valence-electron chi connectivity index (χ3n) is 6.14. The Morgan fingerprint density at radius 2 is 1.89 bits per heavy atom. The number of H-pyrrole nitrogens is 2. The van der Waals surface area contributed by atoms with Crippen LogP contribution in [0.2, 0.25) is 0 Å². The maximum absolute atomic E-state index is 13.1. The molecule has 0 aliphatic carbocycles. The first-order valence-corrected chi connectivity index (χ1v) is 11.5. The van der Waals surface area contributed by atoms with Gasteiger partial charge in [0, 0.05) is 29.5 Å². The van der Waals surface area contributed by atoms with Crippen molar-refractivity contribution in [1.82, 2.24) is 30.2 Å². The van der Waals surface area contributed by atoms with Gasteiger partial charge >= 0.3 is 0 Å². The summed E-state index contributed by atoms with van der Waals surface area (Å²) < 4.78 is 0. The first-order chi connectivity index (χ1) is 17.0. The third-order valence-corrected chi connectivity index (χ3v) is 6.14. The van der Waals surface area contributed by atoms with Gasteiger partial charge in [0.25, 0.3) is 5.91 Å². The number of amides is 2. The Kier molecular flexibility index (Phi) is 5.97. The Morgan fingerprint density at radius 3 is 2.66 bits per heavy atom. The van der Waals surface area contributed by atoms with Crippen LogP contribution in [0.25, 0.3) is 33.3 Å². The second-order valence-electron chi connectivity index (χ2n) is 8.50. The van der Waals surface area contributed by atoms with Crippen LogP contribution in [0, 0.1) is 5.92 Å². The molecule has 0 aliphatic heterocycles. The van der Waals surface area contributed by atoms with E-state index in [-0.39, 0.29) is 17.7 Å². The molecule has 0 aliphatic rings. The molecule has 5 aromatic rings. The number of hydrogen-bond donors (Lipinski definition) is 4. The number of aromatic amines is 2. The number of pyridine rings is 1. The molecule has 0 saturated heterocycles. The maximum atomic E-state index is 13.1. The Morgan fingerprint density at radius 1 is 1.06 bits per heavy atom. The van der Waals surface area contributed by atoms with E-state index in [4.69, 9.17) is 0 Å². The van der Waals surface area contributed by atoms with Crippen molar-refractivity contribution in [2.24, 2.45) is 5.92 Å². The van der Waals surface area contributed by atoms with E-state index in [0.717, 1.165) is 28.4 Å². The molecule has 0 saturated carbocycles. The van der Waals surface area contributed by atoms with Crippen molar-refractivity contribution in [3.05, 3.63) is 72.7 Å². The topological polar surface area (TPSA) is 128 Å². The molecule has 0 radical (unpaired) electrons. The first-order valence-electron chi connectivity index (χ1n) is 11.5. The van der Waals surface area contributed by atoms with E-state index < -0.39 is 6.04 Å². The first kappa shape index (κ1) is 22.3. The van der Waals surface area contributed by atoms with Crippen molar-refractivity contribution in [1.29, 1.82) is 0 Å². The minimum Gasteiger partial charge on any atom is -0.340 e. The summed E-state index contributed by atoms with van der Waals surface area (Å²) in [6.45, 7) is 3.90. The van der Waals surface area contributed by atoms with Gasteiger partial charge in [0.05, 0.1) is 11.0 Å². The second-order valence-corrected chi connectivity index (χ2v) is 8.50. The van der Waals surface area contributed by atoms with Crippen LogP contribution < -0.4 is 10.6 Å². The van der Waals surface area contributed by atoms with Crippen molar-refractivity contribution in [2.45, 2.75) is 26.3 Å². The lowest BCUT2D eigenvalue weighted by atomic mass is 9.98. The van der Waals surface area contributed by atoms with Crippen molar-refractivity contribution in [3.63, 3.8) is 0 Å². The summed E-state index contributed by atoms with van der Waals surface area (Å²) in [5.41, 5.74) is 2.58. The van der Waals surface area contributed by atoms with Gasteiger partial charge in [-0.2, -0.15) is 0 Å². The summed E-state index contributed by atoms with van der Waals surface area (Å²) in [5.74, 6) is 0.224. The normalized spacial score (nSPS) is 13.0. The predicted molar refractivity (Wildman–Crippen MR) is 135 cm³/mol. The Labute approximate surface area is 201 Å². The number of imidazole rings is 2. The third kappa shape index (κ3) is 4.61. The Hall–Kier alpha value is -4.53. The highest BCUT2D eigenvalue weighted by Gasteiger charge is 2.27. The van der Waals surface area contributed by atoms with Crippen molar-refractivity contribution >= 4 is 39.6 Å². The second kappa shape index (κ2) is 9.38. The fourth-order valence-electron chi connectivity index (χ4n) is 3.94. The minimum atomic E-state index is -0.715. The zero-order valence-electron chi connectivity index (χ0n) is 19.4. The van der Waals surface area contributed by atoms with Crippen LogP contribution in [-0.2, 0) is 4.79 Å². The summed E-state index contributed by atoms with van der Waals surface area (Å²) in [5, 5.41) is 7.72. The van der Waals surface area contributed by atoms with Gasteiger partial charge in [0.1, 0.15) is 11.7 Å². The van der Waals surface area contributed by atoms with Crippen LogP contribution in [0.4, 0.5) is 5.95 Å². The fourth-order valence-corrected chi connectivity index (χ4v) is 3.94. The molecular formula is C26H25N7O2. The van der Waals surface area contributed by atoms with Crippen molar-refractivity contribution < 1.29 is 9.59 Å². The largest absolute Gasteiger partial charge is 0.340 e. The highest BCUT2D eigenvalue weighted by Crippen LogP contribution is 2.23. The van der Waals surface area contributed by atoms with Crippen molar-refractivity contribution in [2.75, 3.05) is 5.32 Å². The van der Waals surface area contributed by atoms with E-state index >= 15 is 0 Å². The summed E-state index contributed by atoms with van der Waals surface area (Å²) >= 11 is 0. The maximum Gasteiger partial charge on any atom is 0.252 e. The molecule has 4 N–H and O–H groups in total. The van der Waals surface area contributed by atoms with Gasteiger partial charge in [-0.05, 0) is 35.6 Å². The fraction of sp³-hybridized carbons (Fsp3) is 0.192. The van der Waals surface area contributed by atoms with Gasteiger partial charge in [-0.25, -0.2) is 9.97 Å². The number of carbonyl (C=O) groups excluding carboxylic acids is 2. The van der Waals surface area contributed by atoms with E-state index in [1.807, 2.05) is 50.4 Å². The van der Waals surface area contributed by atoms with E-state index in [1.165, 1.54) is 0 Å². The number of aromatic nitrogens is 5. The number of hydrogen-bond acceptors (Lipinski definition) is 5. The van der Waals surface area contributed by atoms with Crippen LogP contribution >= 0.6 is 0 Å². The number of carbonyl (C=O) groups is 2. The number of nitrogens with one attached hydrogen (secondary N) is 4. The molecule has 9 nitrogen and oxygen atoms in total. The van der Waals surface area contributed by atoms with Gasteiger partial charge < -0.3 is 15.3 Å². The van der Waals surface area contributed by atoms with Gasteiger partial charge in [-0.1, -0.05) is 44.5 Å². The average molecular weight is 468 g/mol. The molecule has 3 aromatic heterocycles. The van der Waals surface area contributed by atoms with Gasteiger partial charge in [0.15, 0.2) is 5.82 Å². The molecule has 0 fully saturated rings. The minimum absolute atomic E-state index is 0.0737. The van der Waals surface area contributed by atoms with Crippen LogP contribution in [0.1, 0.15) is 30.6 Å². The summed E-state index contributed by atoms with van der Waals surface area (Å²) in [6.07, 6.45) is 5.71. The van der Waals surface area contributed by atoms with Crippen LogP contribution in [0.5, 0.6) is 0 Å². The molecule has 0 spiro atoms. The number of benzene rings is 2. The average Bonchev–Trinajstić information content (AvgIpc) is 3.55. The molecule has 5 rings (SSSR count). The van der Waals surface area contributed by atoms with Gasteiger partial charge in [0.2, 0.25) is 11.9 Å². The molecule has 2 atom stereocenters. The lowest BCUT2D eigenvalue weighted by molar-refractivity contribution is -0.119. The summed E-state index contributed by atoms with van der Waals surface area (Å²) in [7, 11) is 0. The number of nitrogens with zero attached hydrogens (tertiary/aromatic N) is 3. The highest BCUT2D eigenvalue weighted by atomic mass is 16.2. The SMILES string of the molecule is CCC(C)[C@H](NC(=O)c1ccc2nc(-c3cc4ccccc4cn3)[nH]c2c1)C(=O)Nc1ncc[nH]1. The molecule has 1 unspecified atom stereocenters. The lowest BCUT2D eigenvalue weighted by Gasteiger charge is -2.23. The number of anilines is 1. The number of rotatable bonds is 7. The van der Waals surface area contributed by atoms with Crippen LogP contribution in [0.3, 0.4) is 0 Å². The highest BCUT2D eigenvalue weighted by molar-refractivity contribution is 6.02. The number of fused-ring (bicyclic) bond motifs is 2. The van der Waals surface area contributed by atoms with E-state index in [9.17, 15) is 9.59 Å². The molecule has 3 heterocycles. The monoisotopic (exact) mass is 467 g/mol. The van der Waals surface area contributed by atoms with Gasteiger partial charge in [-0.3, -0.25) is 19.9 Å². The Bertz CT molecular complexity index is 1510. The molecule has 2 aromatic carbocycles. The lowest BCUT2D eigenvalue weighted by Crippen LogP contribution is -2.47. The molecule has 35 heavy (non-hydrogen) atoms. The molecular weight excluding hydrogens is 442 g/mol. The quantitative estimate of drug-likeness (QED) is 0.284. The van der Waals surface area contributed by atoms with E-state index in [2.05, 4.69) is 35.6 Å².